The van der Waals surface area contributed by atoms with E-state index in [-0.39, 0.29) is 52.6 Å². The molecule has 0 bridgehead atoms. The van der Waals surface area contributed by atoms with Gasteiger partial charge in [0.2, 0.25) is 0 Å². The van der Waals surface area contributed by atoms with Gasteiger partial charge < -0.3 is 41.0 Å². The van der Waals surface area contributed by atoms with E-state index < -0.39 is 24.1 Å². The van der Waals surface area contributed by atoms with Gasteiger partial charge in [0, 0.05) is 25.2 Å². The Kier molecular flexibility index (Phi) is 20.1. The molecule has 2 aromatic rings. The van der Waals surface area contributed by atoms with Crippen molar-refractivity contribution in [1.82, 2.24) is 9.80 Å². The van der Waals surface area contributed by atoms with Crippen molar-refractivity contribution in [2.45, 2.75) is 38.1 Å². The maximum absolute atomic E-state index is 10.4. The van der Waals surface area contributed by atoms with Gasteiger partial charge in [-0.1, -0.05) is 60.7 Å². The number of carbonyl (C=O) groups is 2. The van der Waals surface area contributed by atoms with Crippen LogP contribution in [-0.2, 0) is 26.1 Å². The van der Waals surface area contributed by atoms with Crippen molar-refractivity contribution in [2.75, 3.05) is 27.2 Å². The maximum atomic E-state index is 10.4. The number of hydrogen-bond donors (Lipinski definition) is 2. The van der Waals surface area contributed by atoms with Crippen LogP contribution in [0.1, 0.15) is 37.2 Å². The van der Waals surface area contributed by atoms with Gasteiger partial charge in [0.1, 0.15) is 0 Å². The Hall–Kier alpha value is -2.37. The minimum atomic E-state index is -1.14. The quantitative estimate of drug-likeness (QED) is 0.322. The van der Waals surface area contributed by atoms with Crippen molar-refractivity contribution in [1.29, 1.82) is 0 Å². The zero-order valence-corrected chi connectivity index (χ0v) is 21.2. The molecule has 0 amide bonds. The standard InChI is InChI=1S/2C12H17NO3.Ni.2H2O/c2*1-9(13(2)8-11(14)15)12(16)10-6-4-3-5-7-10;;;/h2*3-7,9,12,16H,8H2,1-2H3,(H,14,15);;2*1H2/q;;+2;;/p-2/t2*9-,12+;;;/m00.../s1. The van der Waals surface area contributed by atoms with Crippen molar-refractivity contribution in [3.8, 4) is 0 Å². The number of carbonyl (C=O) groups excluding carboxylic acids is 2. The molecule has 0 saturated heterocycles. The third-order valence-electron chi connectivity index (χ3n) is 5.34. The van der Waals surface area contributed by atoms with Gasteiger partial charge in [-0.15, -0.1) is 0 Å². The molecule has 0 fully saturated rings. The summed E-state index contributed by atoms with van der Waals surface area (Å²) in [6, 6.07) is 17.8. The number of aliphatic hydroxyl groups excluding tert-OH is 2. The van der Waals surface area contributed by atoms with Gasteiger partial charge in [-0.2, -0.15) is 0 Å². The molecule has 0 aromatic heterocycles. The van der Waals surface area contributed by atoms with E-state index in [0.717, 1.165) is 11.1 Å². The number of likely N-dealkylation sites (N-methyl/N-ethyl adjacent to an activating group) is 2. The monoisotopic (exact) mass is 538 g/mol. The van der Waals surface area contributed by atoms with Crippen LogP contribution in [-0.4, -0.2) is 82.2 Å². The van der Waals surface area contributed by atoms with Gasteiger partial charge >= 0.3 is 16.5 Å². The number of aliphatic carboxylic acids is 2. The Morgan fingerprint density at radius 3 is 1.20 bits per heavy atom. The van der Waals surface area contributed by atoms with Gasteiger partial charge in [0.05, 0.1) is 24.1 Å². The Bertz CT molecular complexity index is 759. The third-order valence-corrected chi connectivity index (χ3v) is 5.34. The van der Waals surface area contributed by atoms with Gasteiger partial charge in [-0.05, 0) is 39.1 Å². The van der Waals surface area contributed by atoms with Crippen LogP contribution < -0.4 is 10.2 Å². The van der Waals surface area contributed by atoms with Gasteiger partial charge in [-0.3, -0.25) is 9.80 Å². The molecular formula is C24H36N2NiO8. The zero-order chi connectivity index (χ0) is 24.3. The number of nitrogens with zero attached hydrogens (tertiary/aromatic N) is 2. The second kappa shape index (κ2) is 18.9. The van der Waals surface area contributed by atoms with Crippen molar-refractivity contribution in [3.05, 3.63) is 71.8 Å². The number of aliphatic hydroxyl groups is 2. The summed E-state index contributed by atoms with van der Waals surface area (Å²) in [6.45, 7) is 3.18. The first-order chi connectivity index (χ1) is 15.0. The minimum absolute atomic E-state index is 0. The molecule has 11 heteroatoms. The SMILES string of the molecule is C[C@@H]([C@@H](O)c1ccccc1)N(C)CC(=O)[O-].C[C@@H]([C@@H](O)c1ccccc1)N(C)CC(=O)[O-].O.O.[Ni+2]. The molecule has 10 nitrogen and oxygen atoms in total. The number of benzene rings is 2. The molecule has 4 atom stereocenters. The third kappa shape index (κ3) is 13.3. The predicted molar refractivity (Wildman–Crippen MR) is 124 cm³/mol. The van der Waals surface area contributed by atoms with E-state index in [0.29, 0.717) is 0 Å². The van der Waals surface area contributed by atoms with Crippen molar-refractivity contribution in [3.63, 3.8) is 0 Å². The van der Waals surface area contributed by atoms with E-state index in [4.69, 9.17) is 0 Å². The summed E-state index contributed by atoms with van der Waals surface area (Å²) < 4.78 is 0. The molecule has 6 N–H and O–H groups in total. The summed E-state index contributed by atoms with van der Waals surface area (Å²) in [5.41, 5.74) is 1.56. The fourth-order valence-corrected chi connectivity index (χ4v) is 3.03. The van der Waals surface area contributed by atoms with E-state index in [9.17, 15) is 30.0 Å². The largest absolute Gasteiger partial charge is 2.00 e. The minimum Gasteiger partial charge on any atom is -0.549 e. The van der Waals surface area contributed by atoms with Crippen LogP contribution in [0.3, 0.4) is 0 Å². The smallest absolute Gasteiger partial charge is 0.549 e. The van der Waals surface area contributed by atoms with Crippen molar-refractivity contribution >= 4 is 11.9 Å². The first kappa shape index (κ1) is 37.2. The second-order valence-electron chi connectivity index (χ2n) is 7.77. The van der Waals surface area contributed by atoms with E-state index in [1.807, 2.05) is 60.7 Å². The summed E-state index contributed by atoms with van der Waals surface area (Å²) in [5.74, 6) is -2.29. The summed E-state index contributed by atoms with van der Waals surface area (Å²) in [5, 5.41) is 40.9. The van der Waals surface area contributed by atoms with Gasteiger partial charge in [0.25, 0.3) is 0 Å². The van der Waals surface area contributed by atoms with E-state index >= 15 is 0 Å². The average Bonchev–Trinajstić information content (AvgIpc) is 2.77. The first-order valence-electron chi connectivity index (χ1n) is 10.3. The summed E-state index contributed by atoms with van der Waals surface area (Å²) in [7, 11) is 3.29. The molecule has 0 aliphatic rings. The summed E-state index contributed by atoms with van der Waals surface area (Å²) in [4.78, 5) is 24.0. The molecule has 0 aliphatic carbocycles. The van der Waals surface area contributed by atoms with E-state index in [1.165, 1.54) is 0 Å². The van der Waals surface area contributed by atoms with E-state index in [2.05, 4.69) is 0 Å². The second-order valence-corrected chi connectivity index (χ2v) is 7.77. The molecule has 0 radical (unpaired) electrons. The number of hydrogen-bond acceptors (Lipinski definition) is 8. The molecule has 0 unspecified atom stereocenters. The van der Waals surface area contributed by atoms with Crippen LogP contribution in [0.25, 0.3) is 0 Å². The normalized spacial score (nSPS) is 13.5. The van der Waals surface area contributed by atoms with Crippen LogP contribution in [0.5, 0.6) is 0 Å². The van der Waals surface area contributed by atoms with Crippen molar-refractivity contribution < 1.29 is 57.5 Å². The van der Waals surface area contributed by atoms with Crippen molar-refractivity contribution in [2.24, 2.45) is 0 Å². The fraction of sp³-hybridized carbons (Fsp3) is 0.417. The molecule has 0 heterocycles. The van der Waals surface area contributed by atoms with E-state index in [1.54, 1.807) is 37.7 Å². The molecule has 0 saturated carbocycles. The van der Waals surface area contributed by atoms with Gasteiger partial charge in [-0.25, -0.2) is 0 Å². The molecular weight excluding hydrogens is 503 g/mol. The van der Waals surface area contributed by atoms with Crippen LogP contribution >= 0.6 is 0 Å². The predicted octanol–water partition coefficient (Wildman–Crippen LogP) is -2.07. The van der Waals surface area contributed by atoms with Crippen LogP contribution in [0.4, 0.5) is 0 Å². The maximum Gasteiger partial charge on any atom is 2.00 e. The molecule has 200 valence electrons. The number of rotatable bonds is 10. The summed E-state index contributed by atoms with van der Waals surface area (Å²) in [6.07, 6.45) is -1.41. The first-order valence-corrected chi connectivity index (χ1v) is 10.3. The average molecular weight is 539 g/mol. The number of carboxylic acid groups (broad SMARTS) is 2. The van der Waals surface area contributed by atoms with Crippen LogP contribution in [0, 0.1) is 0 Å². The fourth-order valence-electron chi connectivity index (χ4n) is 3.03. The Balaban J connectivity index is -0.000000539. The van der Waals surface area contributed by atoms with Crippen LogP contribution in [0.2, 0.25) is 0 Å². The van der Waals surface area contributed by atoms with Gasteiger partial charge in [0.15, 0.2) is 0 Å². The Morgan fingerprint density at radius 2 is 0.971 bits per heavy atom. The molecule has 2 aromatic carbocycles. The number of carboxylic acids is 2. The topological polar surface area (TPSA) is 190 Å². The Morgan fingerprint density at radius 1 is 0.714 bits per heavy atom. The summed E-state index contributed by atoms with van der Waals surface area (Å²) >= 11 is 0. The molecule has 2 rings (SSSR count). The Labute approximate surface area is 216 Å². The molecule has 0 spiro atoms. The van der Waals surface area contributed by atoms with Crippen LogP contribution in [0.15, 0.2) is 60.7 Å². The molecule has 0 aliphatic heterocycles. The zero-order valence-electron chi connectivity index (χ0n) is 20.2. The molecule has 35 heavy (non-hydrogen) atoms.